The molecule has 34 heavy (non-hydrogen) atoms. The zero-order valence-electron chi connectivity index (χ0n) is 20.0. The molecule has 0 aliphatic carbocycles. The SMILES string of the molecule is COCCCC(=O)NC(=NO)c1cnn2c(C3CCN(C(=O)OC(C)(C)C)CC3)cc(=O)[nH]c12. The minimum Gasteiger partial charge on any atom is -0.444 e. The summed E-state index contributed by atoms with van der Waals surface area (Å²) in [6, 6.07) is 1.48. The highest BCUT2D eigenvalue weighted by atomic mass is 16.6. The maximum Gasteiger partial charge on any atom is 0.410 e. The molecule has 12 nitrogen and oxygen atoms in total. The van der Waals surface area contributed by atoms with E-state index in [0.717, 1.165) is 0 Å². The van der Waals surface area contributed by atoms with Crippen molar-refractivity contribution in [3.8, 4) is 0 Å². The first-order valence-corrected chi connectivity index (χ1v) is 11.2. The van der Waals surface area contributed by atoms with Gasteiger partial charge in [-0.15, -0.1) is 0 Å². The number of fused-ring (bicyclic) bond motifs is 1. The van der Waals surface area contributed by atoms with Crippen LogP contribution in [0.4, 0.5) is 4.79 Å². The number of rotatable bonds is 6. The van der Waals surface area contributed by atoms with Crippen LogP contribution in [0, 0.1) is 0 Å². The van der Waals surface area contributed by atoms with Crippen molar-refractivity contribution >= 4 is 23.5 Å². The lowest BCUT2D eigenvalue weighted by atomic mass is 9.93. The quantitative estimate of drug-likeness (QED) is 0.189. The van der Waals surface area contributed by atoms with Crippen molar-refractivity contribution in [2.45, 2.75) is 58.0 Å². The van der Waals surface area contributed by atoms with Gasteiger partial charge >= 0.3 is 6.09 Å². The molecular formula is C22H32N6O6. The van der Waals surface area contributed by atoms with Gasteiger partial charge in [0.05, 0.1) is 17.5 Å². The van der Waals surface area contributed by atoms with E-state index in [0.29, 0.717) is 50.3 Å². The summed E-state index contributed by atoms with van der Waals surface area (Å²) in [7, 11) is 1.55. The molecule has 1 saturated heterocycles. The first-order chi connectivity index (χ1) is 16.1. The van der Waals surface area contributed by atoms with Crippen LogP contribution < -0.4 is 10.9 Å². The standard InChI is InChI=1S/C22H32N6O6/c1-22(2,3)34-21(31)27-9-7-14(8-10-27)16-12-18(30)25-20-15(13-23-28(16)20)19(26-32)24-17(29)6-5-11-33-4/h12-14,32H,5-11H2,1-4H3,(H,25,30)(H,24,26,29). The Bertz CT molecular complexity index is 1110. The molecule has 12 heteroatoms. The molecule has 3 N–H and O–H groups in total. The predicted molar refractivity (Wildman–Crippen MR) is 123 cm³/mol. The fourth-order valence-corrected chi connectivity index (χ4v) is 3.88. The molecule has 2 aromatic heterocycles. The molecule has 1 fully saturated rings. The van der Waals surface area contributed by atoms with Crippen molar-refractivity contribution in [3.63, 3.8) is 0 Å². The molecule has 0 atom stereocenters. The van der Waals surface area contributed by atoms with Crippen molar-refractivity contribution in [2.75, 3.05) is 26.8 Å². The van der Waals surface area contributed by atoms with Crippen molar-refractivity contribution in [1.82, 2.24) is 24.8 Å². The maximum atomic E-state index is 12.4. The first kappa shape index (κ1) is 25.2. The van der Waals surface area contributed by atoms with Gasteiger partial charge in [-0.2, -0.15) is 5.10 Å². The van der Waals surface area contributed by atoms with Crippen LogP contribution in [0.25, 0.3) is 5.65 Å². The molecular weight excluding hydrogens is 444 g/mol. The number of aromatic nitrogens is 3. The van der Waals surface area contributed by atoms with E-state index in [4.69, 9.17) is 9.47 Å². The summed E-state index contributed by atoms with van der Waals surface area (Å²) in [5.41, 5.74) is 0.360. The third kappa shape index (κ3) is 6.13. The zero-order valence-corrected chi connectivity index (χ0v) is 20.0. The van der Waals surface area contributed by atoms with Gasteiger partial charge in [0.15, 0.2) is 5.84 Å². The Balaban J connectivity index is 1.78. The topological polar surface area (TPSA) is 151 Å². The van der Waals surface area contributed by atoms with Crippen LogP contribution in [-0.4, -0.2) is 74.9 Å². The number of methoxy groups -OCH3 is 1. The van der Waals surface area contributed by atoms with Crippen LogP contribution in [0.5, 0.6) is 0 Å². The second-order valence-corrected chi connectivity index (χ2v) is 9.21. The molecule has 186 valence electrons. The zero-order chi connectivity index (χ0) is 24.9. The number of hydrogen-bond acceptors (Lipinski definition) is 8. The average molecular weight is 477 g/mol. The number of carbonyl (C=O) groups excluding carboxylic acids is 2. The first-order valence-electron chi connectivity index (χ1n) is 11.2. The highest BCUT2D eigenvalue weighted by molar-refractivity contribution is 6.10. The van der Waals surface area contributed by atoms with Crippen molar-refractivity contribution in [1.29, 1.82) is 0 Å². The van der Waals surface area contributed by atoms with E-state index in [1.54, 1.807) is 16.5 Å². The number of nitrogens with one attached hydrogen (secondary N) is 2. The highest BCUT2D eigenvalue weighted by Crippen LogP contribution is 2.28. The molecule has 0 aromatic carbocycles. The van der Waals surface area contributed by atoms with E-state index < -0.39 is 5.60 Å². The van der Waals surface area contributed by atoms with Crippen LogP contribution in [0.15, 0.2) is 22.2 Å². The van der Waals surface area contributed by atoms with Gasteiger partial charge in [0, 0.05) is 45.2 Å². The molecule has 1 aliphatic heterocycles. The van der Waals surface area contributed by atoms with E-state index in [2.05, 4.69) is 20.6 Å². The van der Waals surface area contributed by atoms with Crippen molar-refractivity contribution in [3.05, 3.63) is 33.9 Å². The fraction of sp³-hybridized carbons (Fsp3) is 0.591. The largest absolute Gasteiger partial charge is 0.444 e. The number of hydrogen-bond donors (Lipinski definition) is 3. The molecule has 3 rings (SSSR count). The third-order valence-electron chi connectivity index (χ3n) is 5.46. The summed E-state index contributed by atoms with van der Waals surface area (Å²) < 4.78 is 12.0. The van der Waals surface area contributed by atoms with Crippen LogP contribution in [0.1, 0.15) is 63.6 Å². The van der Waals surface area contributed by atoms with Gasteiger partial charge < -0.3 is 29.9 Å². The summed E-state index contributed by atoms with van der Waals surface area (Å²) >= 11 is 0. The Hall–Kier alpha value is -3.41. The monoisotopic (exact) mass is 476 g/mol. The number of ether oxygens (including phenoxy) is 2. The summed E-state index contributed by atoms with van der Waals surface area (Å²) in [6.45, 7) is 6.88. The molecule has 0 unspecified atom stereocenters. The number of amides is 2. The van der Waals surface area contributed by atoms with Gasteiger partial charge in [-0.05, 0) is 40.0 Å². The third-order valence-corrected chi connectivity index (χ3v) is 5.46. The summed E-state index contributed by atoms with van der Waals surface area (Å²) in [4.78, 5) is 41.4. The van der Waals surface area contributed by atoms with Gasteiger partial charge in [-0.3, -0.25) is 9.59 Å². The van der Waals surface area contributed by atoms with Gasteiger partial charge in [-0.1, -0.05) is 5.16 Å². The average Bonchev–Trinajstić information content (AvgIpc) is 3.19. The normalized spacial score (nSPS) is 15.5. The van der Waals surface area contributed by atoms with Crippen LogP contribution in [0.3, 0.4) is 0 Å². The van der Waals surface area contributed by atoms with Gasteiger partial charge in [0.2, 0.25) is 5.91 Å². The van der Waals surface area contributed by atoms with E-state index in [9.17, 15) is 19.6 Å². The smallest absolute Gasteiger partial charge is 0.410 e. The molecule has 3 heterocycles. The molecule has 0 spiro atoms. The fourth-order valence-electron chi connectivity index (χ4n) is 3.88. The number of oxime groups is 1. The number of nitrogens with zero attached hydrogens (tertiary/aromatic N) is 4. The van der Waals surface area contributed by atoms with E-state index >= 15 is 0 Å². The Morgan fingerprint density at radius 1 is 1.32 bits per heavy atom. The maximum absolute atomic E-state index is 12.4. The molecule has 2 aromatic rings. The number of likely N-dealkylation sites (tertiary alicyclic amines) is 1. The molecule has 0 radical (unpaired) electrons. The number of carbonyl (C=O) groups is 2. The van der Waals surface area contributed by atoms with E-state index in [1.807, 2.05) is 20.8 Å². The summed E-state index contributed by atoms with van der Waals surface area (Å²) in [5.74, 6) is -0.475. The van der Waals surface area contributed by atoms with Crippen molar-refractivity contribution in [2.24, 2.45) is 5.16 Å². The molecule has 0 bridgehead atoms. The second kappa shape index (κ2) is 10.7. The second-order valence-electron chi connectivity index (χ2n) is 9.21. The van der Waals surface area contributed by atoms with E-state index in [-0.39, 0.29) is 41.3 Å². The van der Waals surface area contributed by atoms with Crippen LogP contribution in [0.2, 0.25) is 0 Å². The van der Waals surface area contributed by atoms with Crippen LogP contribution >= 0.6 is 0 Å². The lowest BCUT2D eigenvalue weighted by molar-refractivity contribution is -0.120. The molecule has 0 saturated carbocycles. The molecule has 2 amide bonds. The molecule has 1 aliphatic rings. The number of H-pyrrole nitrogens is 1. The Kier molecular flexibility index (Phi) is 7.92. The summed E-state index contributed by atoms with van der Waals surface area (Å²) in [5, 5.41) is 19.6. The Morgan fingerprint density at radius 2 is 2.03 bits per heavy atom. The van der Waals surface area contributed by atoms with Crippen LogP contribution in [-0.2, 0) is 14.3 Å². The lowest BCUT2D eigenvalue weighted by Gasteiger charge is -2.33. The number of amidine groups is 1. The highest BCUT2D eigenvalue weighted by Gasteiger charge is 2.29. The van der Waals surface area contributed by atoms with Gasteiger partial charge in [0.1, 0.15) is 11.2 Å². The number of piperidine rings is 1. The minimum atomic E-state index is -0.566. The Labute approximate surface area is 196 Å². The number of aromatic amines is 1. The Morgan fingerprint density at radius 3 is 2.65 bits per heavy atom. The van der Waals surface area contributed by atoms with Crippen molar-refractivity contribution < 1.29 is 24.3 Å². The van der Waals surface area contributed by atoms with Gasteiger partial charge in [-0.25, -0.2) is 9.31 Å². The van der Waals surface area contributed by atoms with Gasteiger partial charge in [0.25, 0.3) is 5.56 Å². The lowest BCUT2D eigenvalue weighted by Crippen LogP contribution is -2.41. The minimum absolute atomic E-state index is 0.0191. The summed E-state index contributed by atoms with van der Waals surface area (Å²) in [6.07, 6.45) is 3.03. The van der Waals surface area contributed by atoms with E-state index in [1.165, 1.54) is 12.3 Å². The predicted octanol–water partition coefficient (Wildman–Crippen LogP) is 1.82.